The number of hydrogen-bond acceptors (Lipinski definition) is 5. The second-order valence-electron chi connectivity index (χ2n) is 5.57. The highest BCUT2D eigenvalue weighted by Gasteiger charge is 2.19. The maximum absolute atomic E-state index is 12.7. The van der Waals surface area contributed by atoms with Crippen LogP contribution in [0.15, 0.2) is 68.7 Å². The lowest BCUT2D eigenvalue weighted by molar-refractivity contribution is 0.0464. The zero-order valence-electron chi connectivity index (χ0n) is 13.8. The Hall–Kier alpha value is -3.26. The molecule has 0 amide bonds. The molecule has 2 aromatic carbocycles. The smallest absolute Gasteiger partial charge is 0.339 e. The van der Waals surface area contributed by atoms with Crippen LogP contribution in [0.5, 0.6) is 0 Å². The zero-order chi connectivity index (χ0) is 19.4. The number of aromatic nitrogens is 2. The third-order valence-electron chi connectivity index (χ3n) is 3.67. The Bertz CT molecular complexity index is 1090. The number of esters is 1. The molecule has 0 fully saturated rings. The number of aromatic amines is 2. The average Bonchev–Trinajstić information content (AvgIpc) is 2.65. The van der Waals surface area contributed by atoms with E-state index in [1.165, 1.54) is 12.1 Å². The lowest BCUT2D eigenvalue weighted by Crippen LogP contribution is -2.23. The molecule has 0 saturated heterocycles. The van der Waals surface area contributed by atoms with Crippen molar-refractivity contribution < 1.29 is 14.3 Å². The summed E-state index contributed by atoms with van der Waals surface area (Å²) < 4.78 is 5.98. The largest absolute Gasteiger partial charge is 0.456 e. The zero-order valence-corrected chi connectivity index (χ0v) is 15.4. The Balaban J connectivity index is 1.83. The molecule has 136 valence electrons. The summed E-state index contributed by atoms with van der Waals surface area (Å²) in [7, 11) is 0. The van der Waals surface area contributed by atoms with Crippen LogP contribution in [0.3, 0.4) is 0 Å². The third kappa shape index (κ3) is 4.48. The second kappa shape index (κ2) is 7.96. The van der Waals surface area contributed by atoms with E-state index in [4.69, 9.17) is 4.74 Å². The van der Waals surface area contributed by atoms with Gasteiger partial charge in [-0.25, -0.2) is 9.59 Å². The maximum Gasteiger partial charge on any atom is 0.339 e. The number of carbonyl (C=O) groups excluding carboxylic acids is 2. The van der Waals surface area contributed by atoms with Gasteiger partial charge in [0, 0.05) is 21.7 Å². The number of nitrogens with one attached hydrogen (secondary N) is 2. The summed E-state index contributed by atoms with van der Waals surface area (Å²) in [5, 5.41) is 0. The van der Waals surface area contributed by atoms with Gasteiger partial charge in [0.2, 0.25) is 0 Å². The molecule has 0 atom stereocenters. The molecule has 3 aromatic rings. The van der Waals surface area contributed by atoms with Gasteiger partial charge in [0.05, 0.1) is 11.3 Å². The highest BCUT2D eigenvalue weighted by atomic mass is 79.9. The van der Waals surface area contributed by atoms with Crippen LogP contribution < -0.4 is 11.2 Å². The number of ketones is 1. The van der Waals surface area contributed by atoms with Crippen molar-refractivity contribution in [2.24, 2.45) is 0 Å². The van der Waals surface area contributed by atoms with E-state index in [1.54, 1.807) is 36.4 Å². The quantitative estimate of drug-likeness (QED) is 0.478. The molecule has 0 saturated carbocycles. The van der Waals surface area contributed by atoms with Gasteiger partial charge < -0.3 is 9.72 Å². The molecular formula is C19H13BrN2O5. The molecular weight excluding hydrogens is 416 g/mol. The number of halogens is 1. The summed E-state index contributed by atoms with van der Waals surface area (Å²) in [5.74, 6) is -1.06. The molecule has 0 spiro atoms. The van der Waals surface area contributed by atoms with Gasteiger partial charge in [-0.15, -0.1) is 0 Å². The highest BCUT2D eigenvalue weighted by Crippen LogP contribution is 2.18. The monoisotopic (exact) mass is 428 g/mol. The van der Waals surface area contributed by atoms with Gasteiger partial charge >= 0.3 is 11.7 Å². The fraction of sp³-hybridized carbons (Fsp3) is 0.0526. The first kappa shape index (κ1) is 18.5. The number of carbonyl (C=O) groups is 2. The van der Waals surface area contributed by atoms with Crippen LogP contribution in [-0.4, -0.2) is 21.7 Å². The van der Waals surface area contributed by atoms with Crippen molar-refractivity contribution in [1.29, 1.82) is 0 Å². The number of rotatable bonds is 5. The van der Waals surface area contributed by atoms with E-state index in [2.05, 4.69) is 20.9 Å². The first-order valence-corrected chi connectivity index (χ1v) is 8.62. The molecule has 0 bridgehead atoms. The number of H-pyrrole nitrogens is 2. The Kier molecular flexibility index (Phi) is 5.46. The van der Waals surface area contributed by atoms with Crippen LogP contribution in [0.2, 0.25) is 0 Å². The minimum atomic E-state index is -0.739. The summed E-state index contributed by atoms with van der Waals surface area (Å²) in [6, 6.07) is 14.2. The van der Waals surface area contributed by atoms with E-state index in [9.17, 15) is 19.2 Å². The van der Waals surface area contributed by atoms with E-state index in [0.717, 1.165) is 10.5 Å². The van der Waals surface area contributed by atoms with Crippen LogP contribution in [0, 0.1) is 0 Å². The van der Waals surface area contributed by atoms with E-state index in [1.807, 2.05) is 4.98 Å². The average molecular weight is 429 g/mol. The van der Waals surface area contributed by atoms with Gasteiger partial charge in [0.1, 0.15) is 6.61 Å². The topological polar surface area (TPSA) is 109 Å². The minimum Gasteiger partial charge on any atom is -0.456 e. The molecule has 0 aliphatic heterocycles. The summed E-state index contributed by atoms with van der Waals surface area (Å²) in [6.07, 6.45) is 0. The first-order valence-electron chi connectivity index (χ1n) is 7.83. The maximum atomic E-state index is 12.7. The standard InChI is InChI=1S/C19H13BrN2O5/c20-12-7-5-11(6-8-12)17(24)14-3-1-2-4-15(14)18(25)27-10-13-9-16(23)22-19(26)21-13/h1-9H,10H2,(H2,21,22,23,26). The first-order chi connectivity index (χ1) is 12.9. The van der Waals surface area contributed by atoms with Crippen LogP contribution in [0.25, 0.3) is 0 Å². The fourth-order valence-electron chi connectivity index (χ4n) is 2.43. The molecule has 2 N–H and O–H groups in total. The molecule has 3 rings (SSSR count). The summed E-state index contributed by atoms with van der Waals surface area (Å²) in [5.41, 5.74) is -0.428. The van der Waals surface area contributed by atoms with Crippen LogP contribution in [0.1, 0.15) is 32.0 Å². The molecule has 1 heterocycles. The van der Waals surface area contributed by atoms with Gasteiger partial charge in [-0.05, 0) is 30.3 Å². The minimum absolute atomic E-state index is 0.0950. The predicted molar refractivity (Wildman–Crippen MR) is 101 cm³/mol. The van der Waals surface area contributed by atoms with Gasteiger partial charge in [0.15, 0.2) is 5.78 Å². The van der Waals surface area contributed by atoms with Crippen molar-refractivity contribution in [2.45, 2.75) is 6.61 Å². The summed E-state index contributed by atoms with van der Waals surface area (Å²) in [4.78, 5) is 52.1. The SMILES string of the molecule is O=C(OCc1cc(=O)[nH]c(=O)[nH]1)c1ccccc1C(=O)c1ccc(Br)cc1. The normalized spacial score (nSPS) is 10.4. The molecule has 0 aliphatic carbocycles. The summed E-state index contributed by atoms with van der Waals surface area (Å²) >= 11 is 3.31. The molecule has 0 radical (unpaired) electrons. The van der Waals surface area contributed by atoms with Crippen molar-refractivity contribution in [3.8, 4) is 0 Å². The van der Waals surface area contributed by atoms with Crippen molar-refractivity contribution in [3.63, 3.8) is 0 Å². The number of ether oxygens (including phenoxy) is 1. The van der Waals surface area contributed by atoms with Gasteiger partial charge in [-0.3, -0.25) is 14.6 Å². The van der Waals surface area contributed by atoms with Crippen molar-refractivity contribution in [2.75, 3.05) is 0 Å². The van der Waals surface area contributed by atoms with E-state index in [0.29, 0.717) is 5.56 Å². The van der Waals surface area contributed by atoms with Crippen LogP contribution in [0.4, 0.5) is 0 Å². The van der Waals surface area contributed by atoms with Gasteiger partial charge in [-0.1, -0.05) is 34.1 Å². The van der Waals surface area contributed by atoms with E-state index < -0.39 is 17.2 Å². The molecule has 0 aliphatic rings. The second-order valence-corrected chi connectivity index (χ2v) is 6.49. The van der Waals surface area contributed by atoms with Crippen LogP contribution in [-0.2, 0) is 11.3 Å². The van der Waals surface area contributed by atoms with Crippen molar-refractivity contribution in [1.82, 2.24) is 9.97 Å². The molecule has 1 aromatic heterocycles. The molecule has 0 unspecified atom stereocenters. The highest BCUT2D eigenvalue weighted by molar-refractivity contribution is 9.10. The Morgan fingerprint density at radius 3 is 2.26 bits per heavy atom. The Labute approximate surface area is 161 Å². The molecule has 8 heteroatoms. The van der Waals surface area contributed by atoms with Crippen molar-refractivity contribution in [3.05, 3.63) is 102 Å². The molecule has 7 nitrogen and oxygen atoms in total. The Morgan fingerprint density at radius 1 is 0.926 bits per heavy atom. The van der Waals surface area contributed by atoms with Crippen LogP contribution >= 0.6 is 15.9 Å². The lowest BCUT2D eigenvalue weighted by Gasteiger charge is -2.09. The number of benzene rings is 2. The van der Waals surface area contributed by atoms with Crippen molar-refractivity contribution >= 4 is 27.7 Å². The van der Waals surface area contributed by atoms with E-state index in [-0.39, 0.29) is 29.2 Å². The fourth-order valence-corrected chi connectivity index (χ4v) is 2.70. The van der Waals surface area contributed by atoms with Gasteiger partial charge in [0.25, 0.3) is 5.56 Å². The summed E-state index contributed by atoms with van der Waals surface area (Å²) in [6.45, 7) is -0.307. The molecule has 27 heavy (non-hydrogen) atoms. The predicted octanol–water partition coefficient (Wildman–Crippen LogP) is 2.41. The van der Waals surface area contributed by atoms with Gasteiger partial charge in [-0.2, -0.15) is 0 Å². The Morgan fingerprint density at radius 2 is 1.59 bits per heavy atom. The lowest BCUT2D eigenvalue weighted by atomic mass is 9.98. The third-order valence-corrected chi connectivity index (χ3v) is 4.20. The number of hydrogen-bond donors (Lipinski definition) is 2. The van der Waals surface area contributed by atoms with E-state index >= 15 is 0 Å².